The van der Waals surface area contributed by atoms with E-state index in [1.165, 1.54) is 133 Å². The first-order valence-corrected chi connectivity index (χ1v) is 18.3. The van der Waals surface area contributed by atoms with Gasteiger partial charge in [-0.05, 0) is 43.2 Å². The minimum atomic E-state index is 0.0146. The molecule has 0 aliphatic heterocycles. The molecule has 2 atom stereocenters. The number of hydrogen-bond donors (Lipinski definition) is 0. The first-order valence-electron chi connectivity index (χ1n) is 18.3. The predicted octanol–water partition coefficient (Wildman–Crippen LogP) is 12.0. The van der Waals surface area contributed by atoms with Crippen molar-refractivity contribution < 1.29 is 4.57 Å². The number of nitrogens with zero attached hydrogens (tertiary/aromatic N) is 2. The van der Waals surface area contributed by atoms with E-state index in [-0.39, 0.29) is 5.41 Å². The zero-order valence-corrected chi connectivity index (χ0v) is 28.3. The van der Waals surface area contributed by atoms with Crippen molar-refractivity contribution in [1.82, 2.24) is 4.57 Å². The van der Waals surface area contributed by atoms with Crippen LogP contribution in [0.4, 0.5) is 0 Å². The highest BCUT2D eigenvalue weighted by atomic mass is 15.1. The van der Waals surface area contributed by atoms with Crippen LogP contribution in [0.1, 0.15) is 160 Å². The van der Waals surface area contributed by atoms with Crippen LogP contribution < -0.4 is 4.57 Å². The van der Waals surface area contributed by atoms with Crippen LogP contribution >= 0.6 is 0 Å². The summed E-state index contributed by atoms with van der Waals surface area (Å²) in [6, 6.07) is 22.9. The highest BCUT2D eigenvalue weighted by Crippen LogP contribution is 2.41. The molecule has 0 aliphatic carbocycles. The molecule has 0 amide bonds. The highest BCUT2D eigenvalue weighted by molar-refractivity contribution is 5.30. The van der Waals surface area contributed by atoms with Gasteiger partial charge in [0.15, 0.2) is 0 Å². The van der Waals surface area contributed by atoms with Gasteiger partial charge in [-0.15, -0.1) is 0 Å². The van der Waals surface area contributed by atoms with E-state index < -0.39 is 0 Å². The van der Waals surface area contributed by atoms with Gasteiger partial charge in [0.25, 0.3) is 0 Å². The Balaban J connectivity index is 1.51. The van der Waals surface area contributed by atoms with Crippen molar-refractivity contribution in [2.75, 3.05) is 0 Å². The van der Waals surface area contributed by atoms with Crippen LogP contribution in [0.2, 0.25) is 0 Å². The molecule has 0 bridgehead atoms. The lowest BCUT2D eigenvalue weighted by molar-refractivity contribution is -0.697. The van der Waals surface area contributed by atoms with Gasteiger partial charge in [0.05, 0.1) is 6.54 Å². The van der Waals surface area contributed by atoms with E-state index in [2.05, 4.69) is 109 Å². The van der Waals surface area contributed by atoms with Gasteiger partial charge >= 0.3 is 0 Å². The summed E-state index contributed by atoms with van der Waals surface area (Å²) in [5, 5.41) is 0. The SMILES string of the molecule is CCCCCCCCCCCCCCCC[n+]1ccn(C(CCCCCC)C(C)(Cc2ccccc2)c2ccccc2)c1. The first-order chi connectivity index (χ1) is 21.2. The van der Waals surface area contributed by atoms with Crippen molar-refractivity contribution in [3.8, 4) is 0 Å². The Kier molecular flexibility index (Phi) is 17.5. The zero-order valence-electron chi connectivity index (χ0n) is 28.3. The Labute approximate surface area is 266 Å². The molecule has 0 aliphatic rings. The Morgan fingerprint density at radius 3 is 1.65 bits per heavy atom. The number of rotatable bonds is 25. The first kappa shape index (κ1) is 35.1. The number of unbranched alkanes of at least 4 members (excludes halogenated alkanes) is 16. The van der Waals surface area contributed by atoms with Crippen molar-refractivity contribution in [3.63, 3.8) is 0 Å². The third kappa shape index (κ3) is 13.0. The molecule has 2 unspecified atom stereocenters. The average Bonchev–Trinajstić information content (AvgIpc) is 3.50. The van der Waals surface area contributed by atoms with Crippen molar-refractivity contribution in [1.29, 1.82) is 0 Å². The lowest BCUT2D eigenvalue weighted by Gasteiger charge is -2.37. The molecule has 1 aromatic heterocycles. The zero-order chi connectivity index (χ0) is 30.4. The standard InChI is InChI=1S/C41H65N2/c1-4-6-8-10-11-12-13-14-15-16-17-18-19-27-33-42-34-35-43(37-42)40(32-26-9-7-5-2)41(3,39-30-24-21-25-31-39)36-38-28-22-20-23-29-38/h20-25,28-31,34-35,37,40H,4-19,26-27,32-33,36H2,1-3H3/q+1. The summed E-state index contributed by atoms with van der Waals surface area (Å²) in [7, 11) is 0. The number of benzene rings is 2. The smallest absolute Gasteiger partial charge is 0.237 e. The van der Waals surface area contributed by atoms with E-state index in [0.717, 1.165) is 13.0 Å². The molecular weight excluding hydrogens is 520 g/mol. The Morgan fingerprint density at radius 2 is 1.09 bits per heavy atom. The molecule has 2 heteroatoms. The highest BCUT2D eigenvalue weighted by Gasteiger charge is 2.40. The normalized spacial score (nSPS) is 13.7. The molecule has 0 saturated heterocycles. The van der Waals surface area contributed by atoms with Crippen LogP contribution in [-0.2, 0) is 18.4 Å². The van der Waals surface area contributed by atoms with Crippen molar-refractivity contribution >= 4 is 0 Å². The van der Waals surface area contributed by atoms with Gasteiger partial charge in [0.2, 0.25) is 6.33 Å². The summed E-state index contributed by atoms with van der Waals surface area (Å²) in [4.78, 5) is 0. The molecule has 0 radical (unpaired) electrons. The molecular formula is C41H65N2+. The van der Waals surface area contributed by atoms with E-state index in [1.54, 1.807) is 0 Å². The minimum absolute atomic E-state index is 0.0146. The van der Waals surface area contributed by atoms with Gasteiger partial charge in [-0.1, -0.05) is 178 Å². The second-order valence-corrected chi connectivity index (χ2v) is 13.5. The molecule has 0 fully saturated rings. The van der Waals surface area contributed by atoms with Crippen LogP contribution in [0.5, 0.6) is 0 Å². The molecule has 2 aromatic carbocycles. The fourth-order valence-corrected chi connectivity index (χ4v) is 7.03. The van der Waals surface area contributed by atoms with Gasteiger partial charge in [-0.3, -0.25) is 0 Å². The quantitative estimate of drug-likeness (QED) is 0.0690. The van der Waals surface area contributed by atoms with Crippen LogP contribution in [-0.4, -0.2) is 4.57 Å². The monoisotopic (exact) mass is 586 g/mol. The van der Waals surface area contributed by atoms with Crippen molar-refractivity contribution in [2.24, 2.45) is 0 Å². The summed E-state index contributed by atoms with van der Waals surface area (Å²) >= 11 is 0. The molecule has 238 valence electrons. The molecule has 43 heavy (non-hydrogen) atoms. The molecule has 3 rings (SSSR count). The number of imidazole rings is 1. The van der Waals surface area contributed by atoms with Crippen molar-refractivity contribution in [3.05, 3.63) is 90.5 Å². The molecule has 1 heterocycles. The van der Waals surface area contributed by atoms with E-state index in [0.29, 0.717) is 6.04 Å². The topological polar surface area (TPSA) is 8.81 Å². The Hall–Kier alpha value is -2.35. The molecule has 3 aromatic rings. The molecule has 0 spiro atoms. The summed E-state index contributed by atoms with van der Waals surface area (Å²) in [5.41, 5.74) is 2.89. The third-order valence-electron chi connectivity index (χ3n) is 9.76. The van der Waals surface area contributed by atoms with E-state index in [9.17, 15) is 0 Å². The van der Waals surface area contributed by atoms with Gasteiger partial charge in [0.1, 0.15) is 18.4 Å². The summed E-state index contributed by atoms with van der Waals surface area (Å²) < 4.78 is 5.01. The predicted molar refractivity (Wildman–Crippen MR) is 187 cm³/mol. The minimum Gasteiger partial charge on any atom is -0.237 e. The number of aryl methyl sites for hydroxylation is 1. The van der Waals surface area contributed by atoms with E-state index in [1.807, 2.05) is 0 Å². The maximum absolute atomic E-state index is 2.56. The summed E-state index contributed by atoms with van der Waals surface area (Å²) in [6.45, 7) is 8.26. The lowest BCUT2D eigenvalue weighted by Crippen LogP contribution is -2.38. The van der Waals surface area contributed by atoms with Gasteiger partial charge in [0, 0.05) is 5.41 Å². The van der Waals surface area contributed by atoms with Gasteiger partial charge in [-0.2, -0.15) is 0 Å². The summed E-state index contributed by atoms with van der Waals surface area (Å²) in [5.74, 6) is 0. The van der Waals surface area contributed by atoms with Crippen LogP contribution in [0.15, 0.2) is 79.4 Å². The Bertz CT molecular complexity index is 1060. The second kappa shape index (κ2) is 21.4. The molecule has 2 nitrogen and oxygen atoms in total. The van der Waals surface area contributed by atoms with Crippen LogP contribution in [0.3, 0.4) is 0 Å². The lowest BCUT2D eigenvalue weighted by atomic mass is 9.70. The van der Waals surface area contributed by atoms with Gasteiger partial charge in [-0.25, -0.2) is 9.13 Å². The summed E-state index contributed by atoms with van der Waals surface area (Å²) in [6.07, 6.45) is 34.4. The molecule has 0 N–H and O–H groups in total. The maximum atomic E-state index is 2.56. The number of aromatic nitrogens is 2. The Morgan fingerprint density at radius 1 is 0.605 bits per heavy atom. The maximum Gasteiger partial charge on any atom is 0.244 e. The largest absolute Gasteiger partial charge is 0.244 e. The molecule has 0 saturated carbocycles. The second-order valence-electron chi connectivity index (χ2n) is 13.5. The van der Waals surface area contributed by atoms with Crippen molar-refractivity contribution in [2.45, 2.75) is 167 Å². The fraction of sp³-hybridized carbons (Fsp3) is 0.634. The fourth-order valence-electron chi connectivity index (χ4n) is 7.03. The van der Waals surface area contributed by atoms with E-state index in [4.69, 9.17) is 0 Å². The van der Waals surface area contributed by atoms with Crippen LogP contribution in [0, 0.1) is 0 Å². The number of hydrogen-bond acceptors (Lipinski definition) is 0. The van der Waals surface area contributed by atoms with Gasteiger partial charge < -0.3 is 0 Å². The van der Waals surface area contributed by atoms with E-state index >= 15 is 0 Å². The average molecular weight is 586 g/mol. The van der Waals surface area contributed by atoms with Crippen LogP contribution in [0.25, 0.3) is 0 Å². The third-order valence-corrected chi connectivity index (χ3v) is 9.76.